The molecule has 0 atom stereocenters. The third kappa shape index (κ3) is 6.74. The summed E-state index contributed by atoms with van der Waals surface area (Å²) in [5, 5.41) is 3.84. The fourth-order valence-electron chi connectivity index (χ4n) is 3.19. The van der Waals surface area contributed by atoms with Crippen LogP contribution in [0.5, 0.6) is 0 Å². The van der Waals surface area contributed by atoms with E-state index in [0.29, 0.717) is 23.1 Å². The highest BCUT2D eigenvalue weighted by atomic mass is 32.2. The number of ketones is 2. The van der Waals surface area contributed by atoms with Gasteiger partial charge in [0.05, 0.1) is 0 Å². The van der Waals surface area contributed by atoms with Crippen LogP contribution < -0.4 is 0 Å². The molecule has 0 aliphatic heterocycles. The van der Waals surface area contributed by atoms with Crippen molar-refractivity contribution in [1.82, 2.24) is 0 Å². The van der Waals surface area contributed by atoms with Crippen molar-refractivity contribution in [3.8, 4) is 0 Å². The summed E-state index contributed by atoms with van der Waals surface area (Å²) >= 11 is 2.89. The average Bonchev–Trinajstić information content (AvgIpc) is 2.89. The topological polar surface area (TPSA) is 72.8 Å². The van der Waals surface area contributed by atoms with Crippen molar-refractivity contribution in [2.75, 3.05) is 6.26 Å². The summed E-state index contributed by atoms with van der Waals surface area (Å²) in [4.78, 5) is 44.8. The summed E-state index contributed by atoms with van der Waals surface area (Å²) in [7, 11) is 0. The van der Waals surface area contributed by atoms with Gasteiger partial charge < -0.3 is 4.84 Å². The quantitative estimate of drug-likeness (QED) is 0.124. The van der Waals surface area contributed by atoms with Crippen molar-refractivity contribution >= 4 is 46.8 Å². The lowest BCUT2D eigenvalue weighted by Crippen LogP contribution is -2.29. The van der Waals surface area contributed by atoms with E-state index in [0.717, 1.165) is 15.4 Å². The summed E-state index contributed by atoms with van der Waals surface area (Å²) in [5.74, 6) is -0.765. The molecule has 3 rings (SSSR count). The molecular formula is C29H29NO4S2. The van der Waals surface area contributed by atoms with Crippen LogP contribution in [0, 0.1) is 6.92 Å². The van der Waals surface area contributed by atoms with Gasteiger partial charge >= 0.3 is 5.97 Å². The molecule has 0 saturated carbocycles. The van der Waals surface area contributed by atoms with Crippen molar-refractivity contribution in [2.45, 2.75) is 48.7 Å². The van der Waals surface area contributed by atoms with Gasteiger partial charge in [0.2, 0.25) is 5.78 Å². The maximum Gasteiger partial charge on any atom is 0.350 e. The van der Waals surface area contributed by atoms with Gasteiger partial charge in [-0.05, 0) is 87.5 Å². The molecule has 36 heavy (non-hydrogen) atoms. The van der Waals surface area contributed by atoms with Crippen LogP contribution in [-0.4, -0.2) is 34.3 Å². The molecule has 0 aliphatic carbocycles. The predicted molar refractivity (Wildman–Crippen MR) is 147 cm³/mol. The molecule has 186 valence electrons. The monoisotopic (exact) mass is 519 g/mol. The minimum absolute atomic E-state index is 0.00333. The van der Waals surface area contributed by atoms with Crippen LogP contribution in [0.25, 0.3) is 0 Å². The number of oxime groups is 1. The van der Waals surface area contributed by atoms with Crippen molar-refractivity contribution in [2.24, 2.45) is 5.16 Å². The highest BCUT2D eigenvalue weighted by molar-refractivity contribution is 8.00. The van der Waals surface area contributed by atoms with Crippen molar-refractivity contribution in [3.63, 3.8) is 0 Å². The number of carbonyl (C=O) groups excluding carboxylic acids is 3. The van der Waals surface area contributed by atoms with Crippen LogP contribution in [-0.2, 0) is 9.63 Å². The molecule has 0 radical (unpaired) electrons. The molecule has 0 amide bonds. The molecule has 0 N–H and O–H groups in total. The Hall–Kier alpha value is -3.16. The molecule has 0 spiro atoms. The van der Waals surface area contributed by atoms with E-state index >= 15 is 0 Å². The number of Topliss-reactive ketones (excluding diaryl/α,β-unsaturated/α-hetero) is 1. The lowest BCUT2D eigenvalue weighted by molar-refractivity contribution is -0.145. The standard InChI is InChI=1S/C29H29NO4S2/c1-6-25(30-34-28(33)29(3,4)35-5)27(32)21-13-17-23(18-14-21)36-22-15-11-20(12-16-22)26(31)24-10-8-7-9-19(24)2/h7-18H,6H2,1-5H3. The fourth-order valence-corrected chi connectivity index (χ4v) is 4.21. The van der Waals surface area contributed by atoms with E-state index < -0.39 is 10.7 Å². The van der Waals surface area contributed by atoms with Gasteiger partial charge in [-0.2, -0.15) is 0 Å². The van der Waals surface area contributed by atoms with Gasteiger partial charge in [0.1, 0.15) is 10.5 Å². The van der Waals surface area contributed by atoms with Crippen LogP contribution in [0.15, 0.2) is 87.7 Å². The lowest BCUT2D eigenvalue weighted by Gasteiger charge is -2.17. The van der Waals surface area contributed by atoms with Gasteiger partial charge in [0.15, 0.2) is 5.78 Å². The number of hydrogen-bond acceptors (Lipinski definition) is 7. The maximum atomic E-state index is 12.9. The Labute approximate surface area is 220 Å². The molecule has 0 bridgehead atoms. The third-order valence-corrected chi connectivity index (χ3v) is 7.90. The SMILES string of the molecule is CCC(=NOC(=O)C(C)(C)SC)C(=O)c1ccc(Sc2ccc(C(=O)c3ccccc3C)cc2)cc1. The zero-order valence-electron chi connectivity index (χ0n) is 21.0. The summed E-state index contributed by atoms with van der Waals surface area (Å²) in [6.07, 6.45) is 2.16. The van der Waals surface area contributed by atoms with E-state index in [1.807, 2.05) is 73.8 Å². The second-order valence-corrected chi connectivity index (χ2v) is 11.2. The predicted octanol–water partition coefficient (Wildman–Crippen LogP) is 7.01. The Bertz CT molecular complexity index is 1280. The molecule has 7 heteroatoms. The fraction of sp³-hybridized carbons (Fsp3) is 0.241. The normalized spacial score (nSPS) is 11.8. The molecule has 0 saturated heterocycles. The summed E-state index contributed by atoms with van der Waals surface area (Å²) in [6.45, 7) is 7.21. The molecule has 0 heterocycles. The highest BCUT2D eigenvalue weighted by Gasteiger charge is 2.29. The first-order chi connectivity index (χ1) is 17.2. The van der Waals surface area contributed by atoms with Crippen molar-refractivity contribution in [3.05, 3.63) is 95.1 Å². The number of aryl methyl sites for hydroxylation is 1. The molecule has 5 nitrogen and oxygen atoms in total. The lowest BCUT2D eigenvalue weighted by atomic mass is 9.99. The number of benzene rings is 3. The first-order valence-corrected chi connectivity index (χ1v) is 13.6. The van der Waals surface area contributed by atoms with Crippen LogP contribution >= 0.6 is 23.5 Å². The Morgan fingerprint density at radius 1 is 0.861 bits per heavy atom. The Balaban J connectivity index is 1.66. The van der Waals surface area contributed by atoms with Gasteiger partial charge in [0.25, 0.3) is 0 Å². The minimum atomic E-state index is -0.740. The van der Waals surface area contributed by atoms with E-state index in [1.165, 1.54) is 23.5 Å². The van der Waals surface area contributed by atoms with Gasteiger partial charge in [-0.25, -0.2) is 4.79 Å². The Morgan fingerprint density at radius 2 is 1.42 bits per heavy atom. The molecular weight excluding hydrogens is 490 g/mol. The largest absolute Gasteiger partial charge is 0.350 e. The smallest absolute Gasteiger partial charge is 0.316 e. The number of hydrogen-bond donors (Lipinski definition) is 0. The molecule has 0 unspecified atom stereocenters. The molecule has 0 aliphatic rings. The molecule has 0 aromatic heterocycles. The van der Waals surface area contributed by atoms with Gasteiger partial charge in [-0.15, -0.1) is 11.8 Å². The third-order valence-electron chi connectivity index (χ3n) is 5.70. The van der Waals surface area contributed by atoms with E-state index in [2.05, 4.69) is 5.16 Å². The molecule has 3 aromatic carbocycles. The number of nitrogens with zero attached hydrogens (tertiary/aromatic N) is 1. The molecule has 3 aromatic rings. The van der Waals surface area contributed by atoms with E-state index in [1.54, 1.807) is 32.9 Å². The molecule has 0 fully saturated rings. The number of thioether (sulfide) groups is 1. The summed E-state index contributed by atoms with van der Waals surface area (Å²) < 4.78 is -0.740. The van der Waals surface area contributed by atoms with Crippen molar-refractivity contribution < 1.29 is 19.2 Å². The number of carbonyl (C=O) groups is 3. The van der Waals surface area contributed by atoms with Gasteiger partial charge in [0, 0.05) is 26.5 Å². The average molecular weight is 520 g/mol. The van der Waals surface area contributed by atoms with E-state index in [9.17, 15) is 14.4 Å². The zero-order valence-corrected chi connectivity index (χ0v) is 22.7. The van der Waals surface area contributed by atoms with Crippen molar-refractivity contribution in [1.29, 1.82) is 0 Å². The second-order valence-electron chi connectivity index (χ2n) is 8.61. The Morgan fingerprint density at radius 3 is 1.94 bits per heavy atom. The van der Waals surface area contributed by atoms with Crippen LogP contribution in [0.1, 0.15) is 59.0 Å². The summed E-state index contributed by atoms with van der Waals surface area (Å²) in [6, 6.07) is 22.3. The zero-order chi connectivity index (χ0) is 26.3. The number of rotatable bonds is 10. The minimum Gasteiger partial charge on any atom is -0.316 e. The summed E-state index contributed by atoms with van der Waals surface area (Å²) in [5.41, 5.74) is 2.96. The second kappa shape index (κ2) is 12.2. The first-order valence-electron chi connectivity index (χ1n) is 11.5. The maximum absolute atomic E-state index is 12.9. The van der Waals surface area contributed by atoms with E-state index in [-0.39, 0.29) is 17.3 Å². The van der Waals surface area contributed by atoms with Crippen LogP contribution in [0.2, 0.25) is 0 Å². The van der Waals surface area contributed by atoms with Crippen LogP contribution in [0.4, 0.5) is 0 Å². The van der Waals surface area contributed by atoms with Gasteiger partial charge in [-0.3, -0.25) is 9.59 Å². The highest BCUT2D eigenvalue weighted by Crippen LogP contribution is 2.29. The van der Waals surface area contributed by atoms with E-state index in [4.69, 9.17) is 4.84 Å². The Kier molecular flexibility index (Phi) is 9.29. The first kappa shape index (κ1) is 27.4. The van der Waals surface area contributed by atoms with Crippen LogP contribution in [0.3, 0.4) is 0 Å². The van der Waals surface area contributed by atoms with Gasteiger partial charge in [-0.1, -0.05) is 48.1 Å².